The number of carbonyl (C=O) groups excluding carboxylic acids is 3. The summed E-state index contributed by atoms with van der Waals surface area (Å²) in [5, 5.41) is 4.47. The van der Waals surface area contributed by atoms with Crippen LogP contribution >= 0.6 is 21.6 Å². The van der Waals surface area contributed by atoms with Crippen LogP contribution in [0.5, 0.6) is 0 Å². The van der Waals surface area contributed by atoms with Gasteiger partial charge in [0.25, 0.3) is 11.8 Å². The number of carbonyl (C=O) groups is 3. The summed E-state index contributed by atoms with van der Waals surface area (Å²) >= 11 is 0. The van der Waals surface area contributed by atoms with Crippen LogP contribution in [0.25, 0.3) is 10.4 Å². The summed E-state index contributed by atoms with van der Waals surface area (Å²) in [4.78, 5) is 42.9. The van der Waals surface area contributed by atoms with Gasteiger partial charge in [-0.3, -0.25) is 9.59 Å². The summed E-state index contributed by atoms with van der Waals surface area (Å²) in [6.45, 7) is 2.15. The normalized spacial score (nSPS) is 14.1. The van der Waals surface area contributed by atoms with Crippen molar-refractivity contribution in [3.63, 3.8) is 0 Å². The van der Waals surface area contributed by atoms with E-state index in [1.807, 2.05) is 12.1 Å². The van der Waals surface area contributed by atoms with Crippen LogP contribution in [-0.2, 0) is 19.2 Å². The summed E-state index contributed by atoms with van der Waals surface area (Å²) in [6.07, 6.45) is 5.81. The number of hydrogen-bond acceptors (Lipinski definition) is 7. The Morgan fingerprint density at radius 3 is 2.50 bits per heavy atom. The standard InChI is InChI=1S/C18H20N4O4S2/c1-13(27-28-15-9-7-14(8-10-15)20-21-19)5-3-2-4-6-18(25)26-22-16(23)11-12-17(22)24/h7-13H,2-6H2,1H3. The molecule has 0 spiro atoms. The van der Waals surface area contributed by atoms with Crippen LogP contribution in [0.2, 0.25) is 0 Å². The maximum atomic E-state index is 11.7. The third-order valence-electron chi connectivity index (χ3n) is 3.76. The summed E-state index contributed by atoms with van der Waals surface area (Å²) in [6, 6.07) is 7.41. The summed E-state index contributed by atoms with van der Waals surface area (Å²) in [5.74, 6) is -1.84. The van der Waals surface area contributed by atoms with Gasteiger partial charge in [0.15, 0.2) is 0 Å². The predicted octanol–water partition coefficient (Wildman–Crippen LogP) is 5.09. The third kappa shape index (κ3) is 7.30. The van der Waals surface area contributed by atoms with Gasteiger partial charge in [-0.2, -0.15) is 0 Å². The van der Waals surface area contributed by atoms with Gasteiger partial charge in [0, 0.05) is 39.3 Å². The zero-order valence-electron chi connectivity index (χ0n) is 15.3. The fraction of sp³-hybridized carbons (Fsp3) is 0.389. The SMILES string of the molecule is CC(CCCCCC(=O)ON1C(=O)C=CC1=O)SSc1ccc(N=[N+]=[N-])cc1. The second-order valence-electron chi connectivity index (χ2n) is 6.04. The van der Waals surface area contributed by atoms with Gasteiger partial charge in [0.2, 0.25) is 0 Å². The molecule has 0 N–H and O–H groups in total. The molecule has 0 saturated heterocycles. The Kier molecular flexibility index (Phi) is 8.93. The van der Waals surface area contributed by atoms with E-state index in [4.69, 9.17) is 10.4 Å². The molecule has 0 saturated carbocycles. The van der Waals surface area contributed by atoms with Gasteiger partial charge in [0.1, 0.15) is 0 Å². The topological polar surface area (TPSA) is 112 Å². The maximum Gasteiger partial charge on any atom is 0.333 e. The lowest BCUT2D eigenvalue weighted by atomic mass is 10.1. The van der Waals surface area contributed by atoms with E-state index in [1.165, 1.54) is 0 Å². The lowest BCUT2D eigenvalue weighted by Crippen LogP contribution is -2.32. The van der Waals surface area contributed by atoms with Crippen LogP contribution < -0.4 is 0 Å². The Morgan fingerprint density at radius 1 is 1.18 bits per heavy atom. The number of nitrogens with zero attached hydrogens (tertiary/aromatic N) is 4. The van der Waals surface area contributed by atoms with Crippen molar-refractivity contribution in [2.24, 2.45) is 5.11 Å². The van der Waals surface area contributed by atoms with Gasteiger partial charge in [-0.25, -0.2) is 4.79 Å². The Morgan fingerprint density at radius 2 is 1.86 bits per heavy atom. The fourth-order valence-electron chi connectivity index (χ4n) is 2.31. The van der Waals surface area contributed by atoms with E-state index < -0.39 is 17.8 Å². The molecule has 0 fully saturated rings. The molecule has 1 aliphatic rings. The molecular weight excluding hydrogens is 400 g/mol. The molecule has 1 atom stereocenters. The second-order valence-corrected chi connectivity index (χ2v) is 8.75. The van der Waals surface area contributed by atoms with Gasteiger partial charge < -0.3 is 4.84 Å². The third-order valence-corrected chi connectivity index (χ3v) is 6.74. The maximum absolute atomic E-state index is 11.7. The van der Waals surface area contributed by atoms with Gasteiger partial charge in [-0.15, -0.1) is 0 Å². The lowest BCUT2D eigenvalue weighted by Gasteiger charge is -2.12. The molecule has 2 amide bonds. The zero-order valence-corrected chi connectivity index (χ0v) is 16.9. The molecule has 2 rings (SSSR count). The summed E-state index contributed by atoms with van der Waals surface area (Å²) in [7, 11) is 3.44. The van der Waals surface area contributed by atoms with Crippen LogP contribution in [0.1, 0.15) is 39.0 Å². The van der Waals surface area contributed by atoms with Crippen molar-refractivity contribution in [1.82, 2.24) is 5.06 Å². The highest BCUT2D eigenvalue weighted by atomic mass is 33.1. The number of unbranched alkanes of at least 4 members (excludes halogenated alkanes) is 2. The highest BCUT2D eigenvalue weighted by molar-refractivity contribution is 8.76. The minimum Gasteiger partial charge on any atom is -0.330 e. The van der Waals surface area contributed by atoms with E-state index >= 15 is 0 Å². The molecule has 1 aromatic rings. The molecule has 1 aliphatic heterocycles. The zero-order chi connectivity index (χ0) is 20.4. The van der Waals surface area contributed by atoms with E-state index in [1.54, 1.807) is 33.7 Å². The van der Waals surface area contributed by atoms with Crippen LogP contribution in [0.3, 0.4) is 0 Å². The monoisotopic (exact) mass is 420 g/mol. The molecule has 148 valence electrons. The first-order valence-corrected chi connectivity index (χ1v) is 11.0. The van der Waals surface area contributed by atoms with E-state index in [0.717, 1.165) is 36.3 Å². The first-order chi connectivity index (χ1) is 13.5. The number of azide groups is 1. The number of imide groups is 1. The number of rotatable bonds is 11. The summed E-state index contributed by atoms with van der Waals surface area (Å²) in [5.41, 5.74) is 8.99. The van der Waals surface area contributed by atoms with E-state index in [9.17, 15) is 14.4 Å². The van der Waals surface area contributed by atoms with Crippen molar-refractivity contribution in [3.05, 3.63) is 46.9 Å². The van der Waals surface area contributed by atoms with Gasteiger partial charge >= 0.3 is 5.97 Å². The Labute approximate surface area is 170 Å². The minimum atomic E-state index is -0.630. The molecule has 10 heteroatoms. The Hall–Kier alpha value is -2.42. The molecule has 0 radical (unpaired) electrons. The van der Waals surface area contributed by atoms with Gasteiger partial charge in [-0.05, 0) is 30.5 Å². The van der Waals surface area contributed by atoms with Gasteiger partial charge in [-0.1, -0.05) is 63.7 Å². The van der Waals surface area contributed by atoms with E-state index in [-0.39, 0.29) is 6.42 Å². The Bertz CT molecular complexity index is 773. The average molecular weight is 421 g/mol. The molecule has 0 aliphatic carbocycles. The first kappa shape index (κ1) is 21.9. The number of hydroxylamine groups is 2. The van der Waals surface area contributed by atoms with Crippen LogP contribution in [-0.4, -0.2) is 28.1 Å². The lowest BCUT2D eigenvalue weighted by molar-refractivity contribution is -0.196. The van der Waals surface area contributed by atoms with Gasteiger partial charge in [0.05, 0.1) is 0 Å². The molecular formula is C18H20N4O4S2. The largest absolute Gasteiger partial charge is 0.333 e. The van der Waals surface area contributed by atoms with Crippen molar-refractivity contribution in [2.45, 2.75) is 49.2 Å². The molecule has 28 heavy (non-hydrogen) atoms. The second kappa shape index (κ2) is 11.4. The minimum absolute atomic E-state index is 0.171. The van der Waals surface area contributed by atoms with Crippen molar-refractivity contribution in [3.8, 4) is 0 Å². The predicted molar refractivity (Wildman–Crippen MR) is 108 cm³/mol. The Balaban J connectivity index is 1.55. The number of benzene rings is 1. The smallest absolute Gasteiger partial charge is 0.330 e. The van der Waals surface area contributed by atoms with Crippen molar-refractivity contribution in [1.29, 1.82) is 0 Å². The molecule has 0 aromatic heterocycles. The molecule has 1 heterocycles. The van der Waals surface area contributed by atoms with Crippen molar-refractivity contribution >= 4 is 45.1 Å². The van der Waals surface area contributed by atoms with Crippen LogP contribution in [0.15, 0.2) is 46.4 Å². The van der Waals surface area contributed by atoms with Crippen molar-refractivity contribution in [2.75, 3.05) is 0 Å². The number of hydrogen-bond donors (Lipinski definition) is 0. The molecule has 0 bridgehead atoms. The van der Waals surface area contributed by atoms with E-state index in [2.05, 4.69) is 16.9 Å². The molecule has 8 nitrogen and oxygen atoms in total. The average Bonchev–Trinajstić information content (AvgIpc) is 2.99. The number of amides is 2. The highest BCUT2D eigenvalue weighted by Gasteiger charge is 2.27. The molecule has 1 unspecified atom stereocenters. The highest BCUT2D eigenvalue weighted by Crippen LogP contribution is 2.36. The fourth-order valence-corrected chi connectivity index (χ4v) is 4.54. The van der Waals surface area contributed by atoms with Crippen LogP contribution in [0.4, 0.5) is 5.69 Å². The van der Waals surface area contributed by atoms with Crippen LogP contribution in [0, 0.1) is 0 Å². The van der Waals surface area contributed by atoms with E-state index in [0.29, 0.717) is 22.4 Å². The quantitative estimate of drug-likeness (QED) is 0.123. The first-order valence-electron chi connectivity index (χ1n) is 8.75. The van der Waals surface area contributed by atoms with Crippen molar-refractivity contribution < 1.29 is 19.2 Å². The molecule has 1 aromatic carbocycles. The summed E-state index contributed by atoms with van der Waals surface area (Å²) < 4.78 is 0.